The number of halogens is 2. The number of nitrogens with one attached hydrogen (secondary N) is 1. The first-order valence-electron chi connectivity index (χ1n) is 6.87. The molecule has 19 heavy (non-hydrogen) atoms. The van der Waals surface area contributed by atoms with E-state index in [1.165, 1.54) is 12.1 Å². The third-order valence-electron chi connectivity index (χ3n) is 3.11. The van der Waals surface area contributed by atoms with Crippen molar-refractivity contribution in [2.24, 2.45) is 0 Å². The third-order valence-corrected chi connectivity index (χ3v) is 3.11. The number of ether oxygens (including phenoxy) is 1. The van der Waals surface area contributed by atoms with Gasteiger partial charge in [-0.05, 0) is 44.9 Å². The van der Waals surface area contributed by atoms with Gasteiger partial charge in [0.05, 0.1) is 6.10 Å². The van der Waals surface area contributed by atoms with Gasteiger partial charge in [-0.1, -0.05) is 13.0 Å². The van der Waals surface area contributed by atoms with Gasteiger partial charge < -0.3 is 10.1 Å². The summed E-state index contributed by atoms with van der Waals surface area (Å²) in [5.41, 5.74) is 0.515. The van der Waals surface area contributed by atoms with Crippen molar-refractivity contribution in [2.75, 3.05) is 13.2 Å². The van der Waals surface area contributed by atoms with Crippen LogP contribution in [0.3, 0.4) is 0 Å². The number of benzene rings is 1. The second-order valence-corrected chi connectivity index (χ2v) is 4.66. The molecule has 0 radical (unpaired) electrons. The summed E-state index contributed by atoms with van der Waals surface area (Å²) in [4.78, 5) is 0. The normalized spacial score (nSPS) is 14.4. The van der Waals surface area contributed by atoms with Crippen LogP contribution in [0.25, 0.3) is 0 Å². The lowest BCUT2D eigenvalue weighted by Crippen LogP contribution is -2.42. The topological polar surface area (TPSA) is 21.3 Å². The Kier molecular flexibility index (Phi) is 6.95. The van der Waals surface area contributed by atoms with Crippen LogP contribution >= 0.6 is 0 Å². The minimum Gasteiger partial charge on any atom is -0.377 e. The molecule has 0 saturated heterocycles. The van der Waals surface area contributed by atoms with E-state index in [1.807, 2.05) is 13.8 Å². The molecule has 1 N–H and O–H groups in total. The predicted molar refractivity (Wildman–Crippen MR) is 73.2 cm³/mol. The molecule has 1 aromatic rings. The maximum atomic E-state index is 13.7. The minimum atomic E-state index is -0.544. The van der Waals surface area contributed by atoms with Gasteiger partial charge in [0, 0.05) is 18.7 Å². The van der Waals surface area contributed by atoms with E-state index in [1.54, 1.807) is 0 Å². The second-order valence-electron chi connectivity index (χ2n) is 4.66. The van der Waals surface area contributed by atoms with Gasteiger partial charge in [0.1, 0.15) is 11.6 Å². The molecule has 0 aromatic heterocycles. The van der Waals surface area contributed by atoms with Gasteiger partial charge in [-0.3, -0.25) is 0 Å². The van der Waals surface area contributed by atoms with Gasteiger partial charge >= 0.3 is 0 Å². The maximum Gasteiger partial charge on any atom is 0.129 e. The lowest BCUT2D eigenvalue weighted by Gasteiger charge is -2.25. The molecule has 0 aliphatic carbocycles. The van der Waals surface area contributed by atoms with E-state index < -0.39 is 11.6 Å². The summed E-state index contributed by atoms with van der Waals surface area (Å²) in [6.07, 6.45) is 1.48. The first kappa shape index (κ1) is 16.1. The SMILES string of the molecule is CCCNC(Cc1ccc(F)cc1F)C(C)OCC. The molecule has 2 atom stereocenters. The Morgan fingerprint density at radius 1 is 1.26 bits per heavy atom. The molecule has 1 aromatic carbocycles. The highest BCUT2D eigenvalue weighted by Crippen LogP contribution is 2.14. The standard InChI is InChI=1S/C15H23F2NO/c1-4-8-18-15(11(3)19-5-2)9-12-6-7-13(16)10-14(12)17/h6-7,10-11,15,18H,4-5,8-9H2,1-3H3. The van der Waals surface area contributed by atoms with E-state index in [9.17, 15) is 8.78 Å². The molecule has 0 aliphatic heterocycles. The van der Waals surface area contributed by atoms with Crippen molar-refractivity contribution in [1.29, 1.82) is 0 Å². The molecule has 1 rings (SSSR count). The van der Waals surface area contributed by atoms with Crippen molar-refractivity contribution in [3.05, 3.63) is 35.4 Å². The fourth-order valence-corrected chi connectivity index (χ4v) is 2.04. The number of hydrogen-bond donors (Lipinski definition) is 1. The van der Waals surface area contributed by atoms with Crippen molar-refractivity contribution in [1.82, 2.24) is 5.32 Å². The summed E-state index contributed by atoms with van der Waals surface area (Å²) in [6, 6.07) is 3.75. The Bertz CT molecular complexity index is 384. The highest BCUT2D eigenvalue weighted by molar-refractivity contribution is 5.20. The molecular weight excluding hydrogens is 248 g/mol. The molecule has 0 saturated carbocycles. The van der Waals surface area contributed by atoms with Gasteiger partial charge in [-0.25, -0.2) is 8.78 Å². The van der Waals surface area contributed by atoms with Gasteiger partial charge in [0.15, 0.2) is 0 Å². The summed E-state index contributed by atoms with van der Waals surface area (Å²) in [5.74, 6) is -1.04. The van der Waals surface area contributed by atoms with Crippen LogP contribution in [-0.4, -0.2) is 25.3 Å². The van der Waals surface area contributed by atoms with Crippen molar-refractivity contribution in [3.63, 3.8) is 0 Å². The Labute approximate surface area is 114 Å². The average Bonchev–Trinajstić information content (AvgIpc) is 2.37. The quantitative estimate of drug-likeness (QED) is 0.783. The molecule has 4 heteroatoms. The first-order chi connectivity index (χ1) is 9.08. The molecule has 0 amide bonds. The smallest absolute Gasteiger partial charge is 0.129 e. The minimum absolute atomic E-state index is 0.0130. The lowest BCUT2D eigenvalue weighted by atomic mass is 10.0. The van der Waals surface area contributed by atoms with E-state index in [0.717, 1.165) is 19.0 Å². The van der Waals surface area contributed by atoms with Crippen LogP contribution < -0.4 is 5.32 Å². The van der Waals surface area contributed by atoms with Crippen LogP contribution in [0.4, 0.5) is 8.78 Å². The molecule has 0 aliphatic rings. The van der Waals surface area contributed by atoms with Crippen LogP contribution in [0.2, 0.25) is 0 Å². The van der Waals surface area contributed by atoms with Crippen LogP contribution in [0, 0.1) is 11.6 Å². The molecule has 2 unspecified atom stereocenters. The van der Waals surface area contributed by atoms with Gasteiger partial charge in [0.2, 0.25) is 0 Å². The Hall–Kier alpha value is -1.00. The zero-order valence-corrected chi connectivity index (χ0v) is 11.9. The van der Waals surface area contributed by atoms with Crippen LogP contribution in [-0.2, 0) is 11.2 Å². The van der Waals surface area contributed by atoms with E-state index in [2.05, 4.69) is 12.2 Å². The molecule has 108 valence electrons. The lowest BCUT2D eigenvalue weighted by molar-refractivity contribution is 0.0474. The van der Waals surface area contributed by atoms with Gasteiger partial charge in [0.25, 0.3) is 0 Å². The zero-order chi connectivity index (χ0) is 14.3. The van der Waals surface area contributed by atoms with Crippen molar-refractivity contribution < 1.29 is 13.5 Å². The van der Waals surface area contributed by atoms with E-state index in [-0.39, 0.29) is 12.1 Å². The third kappa shape index (κ3) is 5.25. The van der Waals surface area contributed by atoms with Crippen LogP contribution in [0.1, 0.15) is 32.8 Å². The monoisotopic (exact) mass is 271 g/mol. The summed E-state index contributed by atoms with van der Waals surface area (Å²) >= 11 is 0. The van der Waals surface area contributed by atoms with Crippen molar-refractivity contribution in [3.8, 4) is 0 Å². The molecular formula is C15H23F2NO. The highest BCUT2D eigenvalue weighted by atomic mass is 19.1. The second kappa shape index (κ2) is 8.23. The van der Waals surface area contributed by atoms with Gasteiger partial charge in [-0.2, -0.15) is 0 Å². The van der Waals surface area contributed by atoms with Gasteiger partial charge in [-0.15, -0.1) is 0 Å². The van der Waals surface area contributed by atoms with Crippen molar-refractivity contribution >= 4 is 0 Å². The average molecular weight is 271 g/mol. The summed E-state index contributed by atoms with van der Waals surface area (Å²) in [7, 11) is 0. The maximum absolute atomic E-state index is 13.7. The van der Waals surface area contributed by atoms with E-state index in [4.69, 9.17) is 4.74 Å². The molecule has 2 nitrogen and oxygen atoms in total. The largest absolute Gasteiger partial charge is 0.377 e. The first-order valence-corrected chi connectivity index (χ1v) is 6.87. The Morgan fingerprint density at radius 3 is 2.58 bits per heavy atom. The summed E-state index contributed by atoms with van der Waals surface area (Å²) in [5, 5.41) is 3.36. The van der Waals surface area contributed by atoms with Crippen LogP contribution in [0.15, 0.2) is 18.2 Å². The molecule has 0 spiro atoms. The number of hydrogen-bond acceptors (Lipinski definition) is 2. The molecule has 0 fully saturated rings. The van der Waals surface area contributed by atoms with Crippen LogP contribution in [0.5, 0.6) is 0 Å². The Morgan fingerprint density at radius 2 is 2.00 bits per heavy atom. The fourth-order valence-electron chi connectivity index (χ4n) is 2.04. The molecule has 0 heterocycles. The summed E-state index contributed by atoms with van der Waals surface area (Å²) < 4.78 is 32.1. The highest BCUT2D eigenvalue weighted by Gasteiger charge is 2.19. The predicted octanol–water partition coefficient (Wildman–Crippen LogP) is 3.30. The summed E-state index contributed by atoms with van der Waals surface area (Å²) in [6.45, 7) is 7.46. The fraction of sp³-hybridized carbons (Fsp3) is 0.600. The number of rotatable bonds is 8. The molecule has 0 bridgehead atoms. The van der Waals surface area contributed by atoms with Crippen molar-refractivity contribution in [2.45, 2.75) is 45.8 Å². The zero-order valence-electron chi connectivity index (χ0n) is 11.9. The Balaban J connectivity index is 2.74. The van der Waals surface area contributed by atoms with E-state index >= 15 is 0 Å². The van der Waals surface area contributed by atoms with E-state index in [0.29, 0.717) is 18.6 Å².